The highest BCUT2D eigenvalue weighted by molar-refractivity contribution is 7.16. The first-order valence-electron chi connectivity index (χ1n) is 4.25. The molecule has 0 aliphatic carbocycles. The molecular formula is C9H12ClNO2S. The number of hydrogen-bond donors (Lipinski definition) is 0. The lowest BCUT2D eigenvalue weighted by Gasteiger charge is -2.14. The van der Waals surface area contributed by atoms with Gasteiger partial charge in [0, 0.05) is 11.9 Å². The largest absolute Gasteiger partial charge is 0.450 e. The molecule has 0 atom stereocenters. The van der Waals surface area contributed by atoms with E-state index in [1.54, 1.807) is 14.0 Å². The molecule has 1 amide bonds. The number of hydrogen-bond acceptors (Lipinski definition) is 3. The molecule has 1 aromatic heterocycles. The van der Waals surface area contributed by atoms with E-state index in [0.29, 0.717) is 13.2 Å². The van der Waals surface area contributed by atoms with Gasteiger partial charge in [0.05, 0.1) is 17.5 Å². The molecule has 0 radical (unpaired) electrons. The molecule has 0 aliphatic rings. The van der Waals surface area contributed by atoms with E-state index in [-0.39, 0.29) is 6.09 Å². The van der Waals surface area contributed by atoms with Crippen molar-refractivity contribution in [2.75, 3.05) is 13.7 Å². The molecule has 0 bridgehead atoms. The zero-order valence-corrected chi connectivity index (χ0v) is 9.69. The normalized spacial score (nSPS) is 9.93. The third kappa shape index (κ3) is 3.20. The molecule has 0 N–H and O–H groups in total. The predicted molar refractivity (Wildman–Crippen MR) is 57.8 cm³/mol. The maximum Gasteiger partial charge on any atom is 0.409 e. The van der Waals surface area contributed by atoms with E-state index in [2.05, 4.69) is 0 Å². The first-order valence-corrected chi connectivity index (χ1v) is 5.45. The summed E-state index contributed by atoms with van der Waals surface area (Å²) >= 11 is 7.24. The molecule has 1 rings (SSSR count). The van der Waals surface area contributed by atoms with Crippen molar-refractivity contribution in [1.29, 1.82) is 0 Å². The summed E-state index contributed by atoms with van der Waals surface area (Å²) in [6, 6.07) is 3.73. The fourth-order valence-electron chi connectivity index (χ4n) is 0.969. The van der Waals surface area contributed by atoms with E-state index in [4.69, 9.17) is 16.3 Å². The molecule has 78 valence electrons. The van der Waals surface area contributed by atoms with Crippen LogP contribution in [0, 0.1) is 0 Å². The highest BCUT2D eigenvalue weighted by Crippen LogP contribution is 2.22. The quantitative estimate of drug-likeness (QED) is 0.803. The third-order valence-electron chi connectivity index (χ3n) is 1.60. The second kappa shape index (κ2) is 5.22. The van der Waals surface area contributed by atoms with E-state index >= 15 is 0 Å². The summed E-state index contributed by atoms with van der Waals surface area (Å²) in [5.41, 5.74) is 0. The van der Waals surface area contributed by atoms with Crippen LogP contribution < -0.4 is 0 Å². The van der Waals surface area contributed by atoms with Crippen LogP contribution in [0.5, 0.6) is 0 Å². The van der Waals surface area contributed by atoms with Gasteiger partial charge in [-0.25, -0.2) is 4.79 Å². The fourth-order valence-corrected chi connectivity index (χ4v) is 2.11. The summed E-state index contributed by atoms with van der Waals surface area (Å²) in [4.78, 5) is 13.8. The molecule has 1 aromatic rings. The lowest BCUT2D eigenvalue weighted by atomic mass is 10.4. The Bertz CT molecular complexity index is 314. The highest BCUT2D eigenvalue weighted by atomic mass is 35.5. The molecule has 1 heterocycles. The van der Waals surface area contributed by atoms with Crippen LogP contribution in [0.1, 0.15) is 11.8 Å². The van der Waals surface area contributed by atoms with Gasteiger partial charge in [0.15, 0.2) is 0 Å². The molecule has 3 nitrogen and oxygen atoms in total. The van der Waals surface area contributed by atoms with Gasteiger partial charge in [-0.15, -0.1) is 11.3 Å². The van der Waals surface area contributed by atoms with Gasteiger partial charge in [-0.2, -0.15) is 0 Å². The van der Waals surface area contributed by atoms with Gasteiger partial charge < -0.3 is 9.64 Å². The number of nitrogens with zero attached hydrogens (tertiary/aromatic N) is 1. The summed E-state index contributed by atoms with van der Waals surface area (Å²) in [5.74, 6) is 0. The molecule has 0 aromatic carbocycles. The van der Waals surface area contributed by atoms with Gasteiger partial charge in [-0.3, -0.25) is 0 Å². The van der Waals surface area contributed by atoms with Gasteiger partial charge >= 0.3 is 6.09 Å². The number of carbonyl (C=O) groups excluding carboxylic acids is 1. The number of ether oxygens (including phenoxy) is 1. The summed E-state index contributed by atoms with van der Waals surface area (Å²) < 4.78 is 5.57. The Hall–Kier alpha value is -0.740. The maximum absolute atomic E-state index is 11.2. The number of rotatable bonds is 3. The Morgan fingerprint density at radius 1 is 1.64 bits per heavy atom. The number of halogens is 1. The zero-order chi connectivity index (χ0) is 10.6. The SMILES string of the molecule is CCOC(=O)N(C)Cc1ccc(Cl)s1. The lowest BCUT2D eigenvalue weighted by molar-refractivity contribution is 0.114. The molecule has 0 aliphatic heterocycles. The highest BCUT2D eigenvalue weighted by Gasteiger charge is 2.10. The van der Waals surface area contributed by atoms with Crippen LogP contribution in [0.25, 0.3) is 0 Å². The second-order valence-corrected chi connectivity index (χ2v) is 4.56. The molecular weight excluding hydrogens is 222 g/mol. The average Bonchev–Trinajstić information content (AvgIpc) is 2.51. The van der Waals surface area contributed by atoms with Gasteiger partial charge in [-0.05, 0) is 19.1 Å². The maximum atomic E-state index is 11.2. The van der Waals surface area contributed by atoms with Crippen molar-refractivity contribution >= 4 is 29.0 Å². The third-order valence-corrected chi connectivity index (χ3v) is 2.82. The van der Waals surface area contributed by atoms with Crippen LogP contribution in [-0.2, 0) is 11.3 Å². The molecule has 0 saturated heterocycles. The molecule has 0 fully saturated rings. The van der Waals surface area contributed by atoms with Crippen molar-refractivity contribution in [2.45, 2.75) is 13.5 Å². The number of thiophene rings is 1. The van der Waals surface area contributed by atoms with Crippen molar-refractivity contribution in [3.63, 3.8) is 0 Å². The van der Waals surface area contributed by atoms with Crippen LogP contribution >= 0.6 is 22.9 Å². The summed E-state index contributed by atoms with van der Waals surface area (Å²) in [7, 11) is 1.70. The van der Waals surface area contributed by atoms with Gasteiger partial charge in [0.1, 0.15) is 0 Å². The minimum Gasteiger partial charge on any atom is -0.450 e. The van der Waals surface area contributed by atoms with Gasteiger partial charge in [0.25, 0.3) is 0 Å². The van der Waals surface area contributed by atoms with Crippen molar-refractivity contribution in [3.8, 4) is 0 Å². The minimum absolute atomic E-state index is 0.308. The Labute approximate surface area is 92.2 Å². The van der Waals surface area contributed by atoms with Crippen LogP contribution in [0.2, 0.25) is 4.34 Å². The van der Waals surface area contributed by atoms with Gasteiger partial charge in [-0.1, -0.05) is 11.6 Å². The molecule has 14 heavy (non-hydrogen) atoms. The molecule has 0 spiro atoms. The van der Waals surface area contributed by atoms with Crippen LogP contribution in [0.15, 0.2) is 12.1 Å². The zero-order valence-electron chi connectivity index (χ0n) is 8.12. The predicted octanol–water partition coefficient (Wildman–Crippen LogP) is 2.99. The van der Waals surface area contributed by atoms with Crippen molar-refractivity contribution in [3.05, 3.63) is 21.3 Å². The van der Waals surface area contributed by atoms with E-state index in [0.717, 1.165) is 9.21 Å². The Balaban J connectivity index is 2.48. The molecule has 0 unspecified atom stereocenters. The number of carbonyl (C=O) groups is 1. The standard InChI is InChI=1S/C9H12ClNO2S/c1-3-13-9(12)11(2)6-7-4-5-8(10)14-7/h4-5H,3,6H2,1-2H3. The van der Waals surface area contributed by atoms with E-state index in [1.165, 1.54) is 16.2 Å². The van der Waals surface area contributed by atoms with Gasteiger partial charge in [0.2, 0.25) is 0 Å². The van der Waals surface area contributed by atoms with Crippen LogP contribution in [0.4, 0.5) is 4.79 Å². The van der Waals surface area contributed by atoms with Crippen LogP contribution in [0.3, 0.4) is 0 Å². The van der Waals surface area contributed by atoms with Crippen molar-refractivity contribution in [2.24, 2.45) is 0 Å². The monoisotopic (exact) mass is 233 g/mol. The molecule has 0 saturated carbocycles. The summed E-state index contributed by atoms with van der Waals surface area (Å²) in [5, 5.41) is 0. The van der Waals surface area contributed by atoms with Crippen LogP contribution in [-0.4, -0.2) is 24.6 Å². The second-order valence-electron chi connectivity index (χ2n) is 2.76. The molecule has 5 heteroatoms. The lowest BCUT2D eigenvalue weighted by Crippen LogP contribution is -2.26. The fraction of sp³-hybridized carbons (Fsp3) is 0.444. The Kier molecular flexibility index (Phi) is 4.22. The van der Waals surface area contributed by atoms with E-state index in [1.807, 2.05) is 12.1 Å². The minimum atomic E-state index is -0.308. The topological polar surface area (TPSA) is 29.5 Å². The van der Waals surface area contributed by atoms with E-state index < -0.39 is 0 Å². The summed E-state index contributed by atoms with van der Waals surface area (Å²) in [6.07, 6.45) is -0.308. The Morgan fingerprint density at radius 2 is 2.36 bits per heavy atom. The smallest absolute Gasteiger partial charge is 0.409 e. The summed E-state index contributed by atoms with van der Waals surface area (Å²) in [6.45, 7) is 2.72. The van der Waals surface area contributed by atoms with Crippen molar-refractivity contribution in [1.82, 2.24) is 4.90 Å². The average molecular weight is 234 g/mol. The first kappa shape index (κ1) is 11.3. The first-order chi connectivity index (χ1) is 6.63. The van der Waals surface area contributed by atoms with E-state index in [9.17, 15) is 4.79 Å². The number of amides is 1. The Morgan fingerprint density at radius 3 is 2.86 bits per heavy atom. The van der Waals surface area contributed by atoms with Crippen molar-refractivity contribution < 1.29 is 9.53 Å².